The molecule has 1 rings (SSSR count). The number of amides is 1. The molecule has 0 saturated heterocycles. The molecule has 1 aromatic rings. The molecule has 0 atom stereocenters. The first-order chi connectivity index (χ1) is 5.09. The number of carbonyl (C=O) groups excluding carboxylic acids is 1. The van der Waals surface area contributed by atoms with E-state index < -0.39 is 11.7 Å². The van der Waals surface area contributed by atoms with E-state index >= 15 is 0 Å². The van der Waals surface area contributed by atoms with E-state index in [9.17, 15) is 9.18 Å². The first-order valence-corrected chi connectivity index (χ1v) is 3.80. The van der Waals surface area contributed by atoms with Crippen LogP contribution in [0.4, 0.5) is 4.39 Å². The molecule has 0 radical (unpaired) electrons. The Morgan fingerprint density at radius 3 is 2.73 bits per heavy atom. The van der Waals surface area contributed by atoms with E-state index in [0.29, 0.717) is 3.70 Å². The van der Waals surface area contributed by atoms with Gasteiger partial charge in [-0.3, -0.25) is 4.79 Å². The summed E-state index contributed by atoms with van der Waals surface area (Å²) in [5.74, 6) is -1.22. The lowest BCUT2D eigenvalue weighted by atomic mass is 10.3. The molecule has 2 N–H and O–H groups in total. The minimum absolute atomic E-state index is 0.0469. The van der Waals surface area contributed by atoms with Crippen molar-refractivity contribution >= 4 is 28.5 Å². The van der Waals surface area contributed by atoms with Crippen LogP contribution >= 0.6 is 22.6 Å². The molecule has 0 aliphatic carbocycles. The number of aromatic nitrogens is 1. The lowest BCUT2D eigenvalue weighted by Crippen LogP contribution is -2.13. The van der Waals surface area contributed by atoms with Crippen molar-refractivity contribution in [3.05, 3.63) is 27.3 Å². The van der Waals surface area contributed by atoms with E-state index in [1.54, 1.807) is 22.6 Å². The van der Waals surface area contributed by atoms with E-state index in [2.05, 4.69) is 4.98 Å². The number of primary amides is 1. The molecule has 0 unspecified atom stereocenters. The molecule has 5 heteroatoms. The number of hydrogen-bond acceptors (Lipinski definition) is 2. The van der Waals surface area contributed by atoms with Gasteiger partial charge in [0.1, 0.15) is 15.2 Å². The molecule has 0 fully saturated rings. The van der Waals surface area contributed by atoms with Crippen LogP contribution in [-0.2, 0) is 0 Å². The highest BCUT2D eigenvalue weighted by Gasteiger charge is 2.04. The van der Waals surface area contributed by atoms with Gasteiger partial charge in [-0.15, -0.1) is 0 Å². The van der Waals surface area contributed by atoms with Crippen molar-refractivity contribution in [1.29, 1.82) is 0 Å². The fourth-order valence-electron chi connectivity index (χ4n) is 0.592. The second-order valence-electron chi connectivity index (χ2n) is 1.86. The van der Waals surface area contributed by atoms with Crippen molar-refractivity contribution in [2.24, 2.45) is 5.73 Å². The molecular formula is C6H4FIN2O. The molecule has 0 aliphatic rings. The summed E-state index contributed by atoms with van der Waals surface area (Å²) in [6.07, 6.45) is 0. The van der Waals surface area contributed by atoms with Crippen LogP contribution in [0.3, 0.4) is 0 Å². The molecule has 3 nitrogen and oxygen atoms in total. The van der Waals surface area contributed by atoms with Gasteiger partial charge >= 0.3 is 0 Å². The number of rotatable bonds is 1. The van der Waals surface area contributed by atoms with Crippen molar-refractivity contribution in [1.82, 2.24) is 4.98 Å². The van der Waals surface area contributed by atoms with Crippen LogP contribution in [0.25, 0.3) is 0 Å². The molecule has 1 amide bonds. The van der Waals surface area contributed by atoms with Gasteiger partial charge in [-0.05, 0) is 22.6 Å². The smallest absolute Gasteiger partial charge is 0.267 e. The van der Waals surface area contributed by atoms with E-state index in [4.69, 9.17) is 5.73 Å². The molecular weight excluding hydrogens is 262 g/mol. The normalized spacial score (nSPS) is 9.64. The fourth-order valence-corrected chi connectivity index (χ4v) is 1.15. The summed E-state index contributed by atoms with van der Waals surface area (Å²) in [6, 6.07) is 2.22. The maximum atomic E-state index is 12.5. The van der Waals surface area contributed by atoms with Crippen molar-refractivity contribution in [2.45, 2.75) is 0 Å². The Morgan fingerprint density at radius 1 is 1.64 bits per heavy atom. The van der Waals surface area contributed by atoms with Gasteiger partial charge in [-0.25, -0.2) is 9.37 Å². The van der Waals surface area contributed by atoms with Crippen molar-refractivity contribution in [3.8, 4) is 0 Å². The summed E-state index contributed by atoms with van der Waals surface area (Å²) in [6.45, 7) is 0. The summed E-state index contributed by atoms with van der Waals surface area (Å²) in [5.41, 5.74) is 4.83. The summed E-state index contributed by atoms with van der Waals surface area (Å²) >= 11 is 1.81. The molecule has 0 aliphatic heterocycles. The van der Waals surface area contributed by atoms with Gasteiger partial charge in [-0.1, -0.05) is 0 Å². The van der Waals surface area contributed by atoms with Crippen LogP contribution in [-0.4, -0.2) is 10.9 Å². The van der Waals surface area contributed by atoms with Crippen molar-refractivity contribution < 1.29 is 9.18 Å². The van der Waals surface area contributed by atoms with Crippen LogP contribution in [0, 0.1) is 9.52 Å². The lowest BCUT2D eigenvalue weighted by molar-refractivity contribution is 0.0995. The number of halogens is 2. The average Bonchev–Trinajstić information content (AvgIpc) is 1.85. The summed E-state index contributed by atoms with van der Waals surface area (Å²) in [4.78, 5) is 14.2. The minimum atomic E-state index is -0.720. The molecule has 0 aromatic carbocycles. The molecule has 1 heterocycles. The van der Waals surface area contributed by atoms with Gasteiger partial charge in [0.15, 0.2) is 0 Å². The number of nitrogens with zero attached hydrogens (tertiary/aromatic N) is 1. The van der Waals surface area contributed by atoms with Gasteiger partial charge in [0.25, 0.3) is 5.91 Å². The molecule has 0 bridgehead atoms. The van der Waals surface area contributed by atoms with Gasteiger partial charge in [0.2, 0.25) is 0 Å². The first kappa shape index (κ1) is 8.38. The molecule has 0 saturated carbocycles. The maximum absolute atomic E-state index is 12.5. The average molecular weight is 266 g/mol. The lowest BCUT2D eigenvalue weighted by Gasteiger charge is -1.95. The largest absolute Gasteiger partial charge is 0.364 e. The Labute approximate surface area is 75.9 Å². The summed E-state index contributed by atoms with van der Waals surface area (Å²) in [7, 11) is 0. The van der Waals surface area contributed by atoms with Crippen LogP contribution in [0.2, 0.25) is 0 Å². The fraction of sp³-hybridized carbons (Fsp3) is 0. The Bertz CT molecular complexity index is 282. The predicted molar refractivity (Wildman–Crippen MR) is 45.4 cm³/mol. The maximum Gasteiger partial charge on any atom is 0.267 e. The minimum Gasteiger partial charge on any atom is -0.364 e. The Kier molecular flexibility index (Phi) is 2.38. The van der Waals surface area contributed by atoms with Gasteiger partial charge in [-0.2, -0.15) is 0 Å². The highest BCUT2D eigenvalue weighted by molar-refractivity contribution is 14.1. The van der Waals surface area contributed by atoms with Gasteiger partial charge in [0.05, 0.1) is 0 Å². The Hall–Kier alpha value is -0.720. The van der Waals surface area contributed by atoms with E-state index in [1.165, 1.54) is 6.07 Å². The summed E-state index contributed by atoms with van der Waals surface area (Å²) in [5, 5.41) is 0. The Balaban J connectivity index is 3.19. The zero-order valence-corrected chi connectivity index (χ0v) is 7.50. The van der Waals surface area contributed by atoms with Crippen LogP contribution in [0.5, 0.6) is 0 Å². The number of carbonyl (C=O) groups is 1. The van der Waals surface area contributed by atoms with E-state index in [0.717, 1.165) is 6.07 Å². The van der Waals surface area contributed by atoms with Crippen LogP contribution < -0.4 is 5.73 Å². The van der Waals surface area contributed by atoms with E-state index in [1.807, 2.05) is 0 Å². The predicted octanol–water partition coefficient (Wildman–Crippen LogP) is 0.924. The van der Waals surface area contributed by atoms with Crippen molar-refractivity contribution in [2.75, 3.05) is 0 Å². The second kappa shape index (κ2) is 3.12. The molecule has 58 valence electrons. The standard InChI is InChI=1S/C6H4FIN2O/c7-3-1-4(6(9)11)10-5(8)2-3/h1-2H,(H2,9,11). The molecule has 1 aromatic heterocycles. The second-order valence-corrected chi connectivity index (χ2v) is 2.96. The first-order valence-electron chi connectivity index (χ1n) is 2.72. The zero-order valence-electron chi connectivity index (χ0n) is 5.34. The third kappa shape index (κ3) is 2.11. The molecule has 0 spiro atoms. The van der Waals surface area contributed by atoms with Crippen LogP contribution in [0.1, 0.15) is 10.5 Å². The zero-order chi connectivity index (χ0) is 8.43. The number of hydrogen-bond donors (Lipinski definition) is 1. The highest BCUT2D eigenvalue weighted by Crippen LogP contribution is 2.05. The van der Waals surface area contributed by atoms with Gasteiger partial charge in [0, 0.05) is 12.1 Å². The van der Waals surface area contributed by atoms with Crippen LogP contribution in [0.15, 0.2) is 12.1 Å². The number of pyridine rings is 1. The van der Waals surface area contributed by atoms with Crippen molar-refractivity contribution in [3.63, 3.8) is 0 Å². The monoisotopic (exact) mass is 266 g/mol. The number of nitrogens with two attached hydrogens (primary N) is 1. The Morgan fingerprint density at radius 2 is 2.27 bits per heavy atom. The third-order valence-corrected chi connectivity index (χ3v) is 1.56. The summed E-state index contributed by atoms with van der Waals surface area (Å²) < 4.78 is 12.9. The highest BCUT2D eigenvalue weighted by atomic mass is 127. The third-order valence-electron chi connectivity index (χ3n) is 1.01. The topological polar surface area (TPSA) is 56.0 Å². The van der Waals surface area contributed by atoms with Gasteiger partial charge < -0.3 is 5.73 Å². The van der Waals surface area contributed by atoms with E-state index in [-0.39, 0.29) is 5.69 Å². The SMILES string of the molecule is NC(=O)c1cc(F)cc(I)n1. The molecule has 11 heavy (non-hydrogen) atoms. The quantitative estimate of drug-likeness (QED) is 0.607.